The predicted molar refractivity (Wildman–Crippen MR) is 96.3 cm³/mol. The van der Waals surface area contributed by atoms with Crippen LogP contribution < -0.4 is 4.90 Å². The van der Waals surface area contributed by atoms with Crippen molar-refractivity contribution in [3.63, 3.8) is 0 Å². The van der Waals surface area contributed by atoms with E-state index in [0.717, 1.165) is 51.9 Å². The third kappa shape index (κ3) is 3.61. The summed E-state index contributed by atoms with van der Waals surface area (Å²) in [6.07, 6.45) is 6.01. The first-order valence-corrected chi connectivity index (χ1v) is 9.55. The van der Waals surface area contributed by atoms with Gasteiger partial charge in [-0.05, 0) is 43.4 Å². The van der Waals surface area contributed by atoms with Crippen LogP contribution in [0.25, 0.3) is 0 Å². The van der Waals surface area contributed by atoms with Crippen LogP contribution in [0.5, 0.6) is 0 Å². The minimum atomic E-state index is 0.238. The van der Waals surface area contributed by atoms with Crippen molar-refractivity contribution in [2.24, 2.45) is 5.41 Å². The van der Waals surface area contributed by atoms with Gasteiger partial charge in [-0.3, -0.25) is 4.90 Å². The van der Waals surface area contributed by atoms with E-state index in [-0.39, 0.29) is 5.41 Å². The van der Waals surface area contributed by atoms with Crippen molar-refractivity contribution in [1.82, 2.24) is 14.9 Å². The highest BCUT2D eigenvalue weighted by molar-refractivity contribution is 7.09. The van der Waals surface area contributed by atoms with Crippen molar-refractivity contribution in [2.75, 3.05) is 44.3 Å². The highest BCUT2D eigenvalue weighted by atomic mass is 32.1. The van der Waals surface area contributed by atoms with E-state index < -0.39 is 0 Å². The van der Waals surface area contributed by atoms with Gasteiger partial charge in [0.25, 0.3) is 0 Å². The molecule has 0 radical (unpaired) electrons. The van der Waals surface area contributed by atoms with Crippen LogP contribution in [0.4, 0.5) is 5.95 Å². The van der Waals surface area contributed by atoms with Crippen molar-refractivity contribution in [3.05, 3.63) is 40.8 Å². The number of ether oxygens (including phenoxy) is 1. The molecule has 0 aliphatic carbocycles. The molecular formula is C18H24N4OS. The number of likely N-dealkylation sites (tertiary alicyclic amines) is 1. The Morgan fingerprint density at radius 3 is 2.71 bits per heavy atom. The summed E-state index contributed by atoms with van der Waals surface area (Å²) in [4.78, 5) is 15.2. The van der Waals surface area contributed by atoms with Crippen LogP contribution in [0.3, 0.4) is 0 Å². The fourth-order valence-electron chi connectivity index (χ4n) is 3.73. The van der Waals surface area contributed by atoms with E-state index in [9.17, 15) is 0 Å². The van der Waals surface area contributed by atoms with Crippen molar-refractivity contribution < 1.29 is 4.74 Å². The summed E-state index contributed by atoms with van der Waals surface area (Å²) < 4.78 is 5.97. The van der Waals surface area contributed by atoms with Crippen molar-refractivity contribution in [1.29, 1.82) is 0 Å². The molecule has 2 aliphatic heterocycles. The summed E-state index contributed by atoms with van der Waals surface area (Å²) in [7, 11) is 0. The summed E-state index contributed by atoms with van der Waals surface area (Å²) >= 11 is 1.85. The molecule has 4 rings (SSSR count). The SMILES string of the molecule is c1cnc(N2CCOCC3(CCN(Cc4cccs4)CC3)C2)nc1. The zero-order valence-corrected chi connectivity index (χ0v) is 14.7. The first-order chi connectivity index (χ1) is 11.8. The van der Waals surface area contributed by atoms with Crippen LogP contribution >= 0.6 is 11.3 Å². The summed E-state index contributed by atoms with van der Waals surface area (Å²) in [5.74, 6) is 0.836. The van der Waals surface area contributed by atoms with Gasteiger partial charge in [-0.1, -0.05) is 6.07 Å². The standard InChI is InChI=1S/C18H24N4OS/c1-3-16(24-12-1)13-21-8-4-18(5-9-21)14-22(10-11-23-15-18)17-19-6-2-7-20-17/h1-3,6-7,12H,4-5,8-11,13-15H2. The van der Waals surface area contributed by atoms with E-state index in [4.69, 9.17) is 4.74 Å². The molecule has 0 aromatic carbocycles. The fraction of sp³-hybridized carbons (Fsp3) is 0.556. The molecule has 4 heterocycles. The van der Waals surface area contributed by atoms with E-state index in [1.165, 1.54) is 17.7 Å². The molecule has 2 aliphatic rings. The molecule has 2 saturated heterocycles. The molecule has 0 saturated carbocycles. The Bertz CT molecular complexity index is 626. The number of piperidine rings is 1. The lowest BCUT2D eigenvalue weighted by molar-refractivity contribution is 0.0203. The van der Waals surface area contributed by atoms with Gasteiger partial charge in [-0.15, -0.1) is 11.3 Å². The van der Waals surface area contributed by atoms with Crippen molar-refractivity contribution in [2.45, 2.75) is 19.4 Å². The highest BCUT2D eigenvalue weighted by Crippen LogP contribution is 2.35. The number of hydrogen-bond acceptors (Lipinski definition) is 6. The van der Waals surface area contributed by atoms with E-state index in [0.29, 0.717) is 0 Å². The van der Waals surface area contributed by atoms with Gasteiger partial charge in [-0.25, -0.2) is 9.97 Å². The average molecular weight is 344 g/mol. The van der Waals surface area contributed by atoms with Gasteiger partial charge in [0.1, 0.15) is 0 Å². The fourth-order valence-corrected chi connectivity index (χ4v) is 4.48. The second-order valence-electron chi connectivity index (χ2n) is 6.88. The Kier molecular flexibility index (Phi) is 4.78. The van der Waals surface area contributed by atoms with Crippen molar-refractivity contribution in [3.8, 4) is 0 Å². The number of anilines is 1. The van der Waals surface area contributed by atoms with Gasteiger partial charge < -0.3 is 9.64 Å². The smallest absolute Gasteiger partial charge is 0.225 e. The Balaban J connectivity index is 1.41. The lowest BCUT2D eigenvalue weighted by Crippen LogP contribution is -2.47. The molecule has 0 unspecified atom stereocenters. The quantitative estimate of drug-likeness (QED) is 0.856. The molecule has 2 aromatic rings. The maximum absolute atomic E-state index is 5.97. The summed E-state index contributed by atoms with van der Waals surface area (Å²) in [5, 5.41) is 2.16. The molecule has 2 aromatic heterocycles. The molecule has 0 N–H and O–H groups in total. The maximum Gasteiger partial charge on any atom is 0.225 e. The Morgan fingerprint density at radius 2 is 1.96 bits per heavy atom. The molecule has 128 valence electrons. The van der Waals surface area contributed by atoms with Crippen molar-refractivity contribution >= 4 is 17.3 Å². The third-order valence-electron chi connectivity index (χ3n) is 5.15. The van der Waals surface area contributed by atoms with E-state index in [1.54, 1.807) is 0 Å². The minimum Gasteiger partial charge on any atom is -0.379 e. The van der Waals surface area contributed by atoms with Crippen LogP contribution in [0.2, 0.25) is 0 Å². The van der Waals surface area contributed by atoms with E-state index in [1.807, 2.05) is 29.8 Å². The third-order valence-corrected chi connectivity index (χ3v) is 6.01. The Labute approximate surface area is 147 Å². The van der Waals surface area contributed by atoms with Crippen LogP contribution in [0.1, 0.15) is 17.7 Å². The topological polar surface area (TPSA) is 41.5 Å². The van der Waals surface area contributed by atoms with Gasteiger partial charge in [0.2, 0.25) is 5.95 Å². The van der Waals surface area contributed by atoms with Gasteiger partial charge in [0.05, 0.1) is 13.2 Å². The molecule has 0 atom stereocenters. The monoisotopic (exact) mass is 344 g/mol. The molecule has 6 heteroatoms. The molecule has 0 amide bonds. The first-order valence-electron chi connectivity index (χ1n) is 8.68. The maximum atomic E-state index is 5.97. The van der Waals surface area contributed by atoms with Gasteiger partial charge in [0.15, 0.2) is 0 Å². The number of nitrogens with zero attached hydrogens (tertiary/aromatic N) is 4. The summed E-state index contributed by atoms with van der Waals surface area (Å²) in [5.41, 5.74) is 0.238. The van der Waals surface area contributed by atoms with Crippen LogP contribution in [-0.2, 0) is 11.3 Å². The molecular weight excluding hydrogens is 320 g/mol. The second kappa shape index (κ2) is 7.17. The largest absolute Gasteiger partial charge is 0.379 e. The Hall–Kier alpha value is -1.50. The van der Waals surface area contributed by atoms with Crippen LogP contribution in [0.15, 0.2) is 36.0 Å². The number of aromatic nitrogens is 2. The minimum absolute atomic E-state index is 0.238. The van der Waals surface area contributed by atoms with Gasteiger partial charge in [-0.2, -0.15) is 0 Å². The molecule has 2 fully saturated rings. The summed E-state index contributed by atoms with van der Waals surface area (Å²) in [6.45, 7) is 6.88. The molecule has 1 spiro atoms. The molecule has 0 bridgehead atoms. The van der Waals surface area contributed by atoms with E-state index >= 15 is 0 Å². The van der Waals surface area contributed by atoms with Crippen LogP contribution in [-0.4, -0.2) is 54.3 Å². The normalized spacial score (nSPS) is 21.8. The lowest BCUT2D eigenvalue weighted by atomic mass is 9.78. The average Bonchev–Trinajstić information content (AvgIpc) is 3.05. The summed E-state index contributed by atoms with van der Waals surface area (Å²) in [6, 6.07) is 6.25. The van der Waals surface area contributed by atoms with E-state index in [2.05, 4.69) is 37.3 Å². The Morgan fingerprint density at radius 1 is 1.12 bits per heavy atom. The van der Waals surface area contributed by atoms with Gasteiger partial charge in [0, 0.05) is 42.3 Å². The predicted octanol–water partition coefficient (Wildman–Crippen LogP) is 2.66. The number of hydrogen-bond donors (Lipinski definition) is 0. The zero-order valence-electron chi connectivity index (χ0n) is 13.9. The number of thiophene rings is 1. The molecule has 24 heavy (non-hydrogen) atoms. The number of rotatable bonds is 3. The lowest BCUT2D eigenvalue weighted by Gasteiger charge is -2.42. The van der Waals surface area contributed by atoms with Gasteiger partial charge >= 0.3 is 0 Å². The first kappa shape index (κ1) is 16.0. The highest BCUT2D eigenvalue weighted by Gasteiger charge is 2.38. The zero-order chi connectivity index (χ0) is 16.2. The van der Waals surface area contributed by atoms with Crippen LogP contribution in [0, 0.1) is 5.41 Å². The second-order valence-corrected chi connectivity index (χ2v) is 7.91. The molecule has 5 nitrogen and oxygen atoms in total.